The van der Waals surface area contributed by atoms with Gasteiger partial charge in [0.2, 0.25) is 0 Å². The molecule has 4 rings (SSSR count). The number of carbonyl (C=O) groups is 2. The Labute approximate surface area is 168 Å². The summed E-state index contributed by atoms with van der Waals surface area (Å²) in [4.78, 5) is 27.0. The highest BCUT2D eigenvalue weighted by Crippen LogP contribution is 2.36. The summed E-state index contributed by atoms with van der Waals surface area (Å²) < 4.78 is 10.8. The van der Waals surface area contributed by atoms with Crippen molar-refractivity contribution in [1.82, 2.24) is 0 Å². The van der Waals surface area contributed by atoms with Gasteiger partial charge < -0.3 is 9.47 Å². The fourth-order valence-electron chi connectivity index (χ4n) is 3.28. The molecule has 0 saturated carbocycles. The predicted octanol–water partition coefficient (Wildman–Crippen LogP) is 5.05. The van der Waals surface area contributed by atoms with Crippen molar-refractivity contribution in [1.29, 1.82) is 0 Å². The van der Waals surface area contributed by atoms with Crippen molar-refractivity contribution in [3.8, 4) is 5.75 Å². The zero-order valence-electron chi connectivity index (χ0n) is 15.5. The van der Waals surface area contributed by atoms with Crippen molar-refractivity contribution in [2.24, 2.45) is 0 Å². The van der Waals surface area contributed by atoms with Crippen molar-refractivity contribution in [2.75, 3.05) is 11.5 Å². The monoisotopic (exact) mass is 384 g/mol. The zero-order valence-corrected chi connectivity index (χ0v) is 15.5. The number of benzene rings is 3. The number of esters is 1. The summed E-state index contributed by atoms with van der Waals surface area (Å²) in [6.07, 6.45) is 0.885. The molecule has 1 aliphatic rings. The fourth-order valence-corrected chi connectivity index (χ4v) is 3.28. The molecule has 0 N–H and O–H groups in total. The first-order valence-electron chi connectivity index (χ1n) is 9.14. The minimum atomic E-state index is -0.568. The van der Waals surface area contributed by atoms with Crippen LogP contribution in [0, 0.1) is 6.58 Å². The summed E-state index contributed by atoms with van der Waals surface area (Å²) in [6.45, 7) is 5.86. The van der Waals surface area contributed by atoms with Crippen LogP contribution in [-0.2, 0) is 4.74 Å². The van der Waals surface area contributed by atoms with Crippen molar-refractivity contribution in [2.45, 2.75) is 6.04 Å². The van der Waals surface area contributed by atoms with E-state index in [-0.39, 0.29) is 18.2 Å². The lowest BCUT2D eigenvalue weighted by atomic mass is 10.0. The Bertz CT molecular complexity index is 1050. The molecule has 1 saturated heterocycles. The van der Waals surface area contributed by atoms with Gasteiger partial charge >= 0.3 is 12.1 Å². The average molecular weight is 384 g/mol. The van der Waals surface area contributed by atoms with Crippen LogP contribution in [0.3, 0.4) is 0 Å². The van der Waals surface area contributed by atoms with E-state index in [2.05, 4.69) is 0 Å². The van der Waals surface area contributed by atoms with E-state index in [1.807, 2.05) is 36.4 Å². The number of hydrogen-bond acceptors (Lipinski definition) is 4. The molecule has 1 heterocycles. The van der Waals surface area contributed by atoms with Gasteiger partial charge in [-0.25, -0.2) is 9.59 Å². The van der Waals surface area contributed by atoms with Gasteiger partial charge in [0.1, 0.15) is 12.4 Å². The Morgan fingerprint density at radius 3 is 2.41 bits per heavy atom. The molecule has 3 aromatic rings. The SMILES string of the molecule is [CH]=Cc1ccc(C(=O)Oc2ccccc2)c(N2C(=O)OC[C@@H]2c2ccccc2)c1. The van der Waals surface area contributed by atoms with Gasteiger partial charge in [-0.3, -0.25) is 4.90 Å². The van der Waals surface area contributed by atoms with E-state index >= 15 is 0 Å². The zero-order chi connectivity index (χ0) is 20.2. The normalized spacial score (nSPS) is 15.7. The molecule has 1 radical (unpaired) electrons. The van der Waals surface area contributed by atoms with E-state index in [0.29, 0.717) is 17.0 Å². The topological polar surface area (TPSA) is 55.8 Å². The minimum Gasteiger partial charge on any atom is -0.447 e. The first kappa shape index (κ1) is 18.5. The molecule has 1 atom stereocenters. The van der Waals surface area contributed by atoms with Crippen LogP contribution in [0.25, 0.3) is 6.08 Å². The average Bonchev–Trinajstić information content (AvgIpc) is 3.15. The van der Waals surface area contributed by atoms with E-state index < -0.39 is 12.1 Å². The lowest BCUT2D eigenvalue weighted by molar-refractivity contribution is 0.0735. The van der Waals surface area contributed by atoms with Crippen LogP contribution in [0.2, 0.25) is 0 Å². The maximum atomic E-state index is 12.9. The van der Waals surface area contributed by atoms with Gasteiger partial charge in [-0.2, -0.15) is 0 Å². The number of rotatable bonds is 5. The van der Waals surface area contributed by atoms with Crippen LogP contribution in [0.5, 0.6) is 5.75 Å². The summed E-state index contributed by atoms with van der Waals surface area (Å²) >= 11 is 0. The van der Waals surface area contributed by atoms with E-state index in [1.165, 1.54) is 11.0 Å². The van der Waals surface area contributed by atoms with Crippen LogP contribution in [0.1, 0.15) is 27.5 Å². The molecular weight excluding hydrogens is 366 g/mol. The summed E-state index contributed by atoms with van der Waals surface area (Å²) in [7, 11) is 0. The van der Waals surface area contributed by atoms with Crippen LogP contribution in [-0.4, -0.2) is 18.7 Å². The van der Waals surface area contributed by atoms with Crippen molar-refractivity contribution in [3.63, 3.8) is 0 Å². The van der Waals surface area contributed by atoms with Crippen LogP contribution in [0.4, 0.5) is 10.5 Å². The third-order valence-electron chi connectivity index (χ3n) is 4.70. The van der Waals surface area contributed by atoms with Crippen molar-refractivity contribution in [3.05, 3.63) is 102 Å². The minimum absolute atomic E-state index is 0.187. The number of amides is 1. The van der Waals surface area contributed by atoms with Crippen LogP contribution >= 0.6 is 0 Å². The van der Waals surface area contributed by atoms with Crippen LogP contribution in [0.15, 0.2) is 78.9 Å². The Kier molecular flexibility index (Phi) is 5.12. The molecule has 5 nitrogen and oxygen atoms in total. The molecule has 3 aromatic carbocycles. The van der Waals surface area contributed by atoms with E-state index in [0.717, 1.165) is 5.56 Å². The number of nitrogens with zero attached hydrogens (tertiary/aromatic N) is 1. The molecule has 1 amide bonds. The summed E-state index contributed by atoms with van der Waals surface area (Å²) in [6, 6.07) is 22.9. The Morgan fingerprint density at radius 1 is 1.03 bits per heavy atom. The lowest BCUT2D eigenvalue weighted by Crippen LogP contribution is -2.29. The molecule has 1 fully saturated rings. The maximum absolute atomic E-state index is 12.9. The Hall–Kier alpha value is -3.86. The number of carbonyl (C=O) groups excluding carboxylic acids is 2. The van der Waals surface area contributed by atoms with Gasteiger partial charge in [0.05, 0.1) is 17.3 Å². The number of anilines is 1. The molecule has 29 heavy (non-hydrogen) atoms. The molecular formula is C24H18NO4. The highest BCUT2D eigenvalue weighted by molar-refractivity contribution is 6.03. The van der Waals surface area contributed by atoms with Gasteiger partial charge in [-0.15, -0.1) is 0 Å². The fraction of sp³-hybridized carbons (Fsp3) is 0.0833. The van der Waals surface area contributed by atoms with E-state index in [4.69, 9.17) is 16.1 Å². The van der Waals surface area contributed by atoms with Gasteiger partial charge in [0.25, 0.3) is 0 Å². The Balaban J connectivity index is 1.76. The Morgan fingerprint density at radius 2 is 1.72 bits per heavy atom. The molecule has 0 bridgehead atoms. The van der Waals surface area contributed by atoms with Crippen LogP contribution < -0.4 is 9.64 Å². The quantitative estimate of drug-likeness (QED) is 0.456. The standard InChI is InChI=1S/C24H18NO4/c1-2-17-13-14-20(23(26)29-19-11-7-4-8-12-19)21(15-17)25-22(16-28-24(25)27)18-9-5-3-6-10-18/h1-15,22H,16H2/t22-/m1/s1. The van der Waals surface area contributed by atoms with E-state index in [1.54, 1.807) is 42.5 Å². The molecule has 143 valence electrons. The second-order valence-corrected chi connectivity index (χ2v) is 6.52. The molecule has 1 aliphatic heterocycles. The largest absolute Gasteiger partial charge is 0.447 e. The smallest absolute Gasteiger partial charge is 0.415 e. The number of ether oxygens (including phenoxy) is 2. The van der Waals surface area contributed by atoms with Crippen molar-refractivity contribution < 1.29 is 19.1 Å². The number of cyclic esters (lactones) is 1. The predicted molar refractivity (Wildman–Crippen MR) is 110 cm³/mol. The number of hydrogen-bond donors (Lipinski definition) is 0. The summed E-state index contributed by atoms with van der Waals surface area (Å²) in [5.74, 6) is -0.150. The van der Waals surface area contributed by atoms with E-state index in [9.17, 15) is 9.59 Å². The van der Waals surface area contributed by atoms with Gasteiger partial charge in [0, 0.05) is 0 Å². The number of para-hydroxylation sites is 1. The summed E-state index contributed by atoms with van der Waals surface area (Å²) in [5, 5.41) is 0. The first-order valence-corrected chi connectivity index (χ1v) is 9.14. The second-order valence-electron chi connectivity index (χ2n) is 6.52. The van der Waals surface area contributed by atoms with Gasteiger partial charge in [-0.05, 0) is 35.4 Å². The maximum Gasteiger partial charge on any atom is 0.415 e. The molecule has 0 spiro atoms. The molecule has 0 aromatic heterocycles. The summed E-state index contributed by atoms with van der Waals surface area (Å²) in [5.41, 5.74) is 2.21. The lowest BCUT2D eigenvalue weighted by Gasteiger charge is -2.24. The molecule has 0 unspecified atom stereocenters. The molecule has 0 aliphatic carbocycles. The van der Waals surface area contributed by atoms with Gasteiger partial charge in [-0.1, -0.05) is 67.3 Å². The second kappa shape index (κ2) is 8.02. The molecule has 5 heteroatoms. The van der Waals surface area contributed by atoms with Gasteiger partial charge in [0.15, 0.2) is 0 Å². The first-order chi connectivity index (χ1) is 14.2. The third kappa shape index (κ3) is 3.75. The highest BCUT2D eigenvalue weighted by Gasteiger charge is 2.37. The third-order valence-corrected chi connectivity index (χ3v) is 4.70. The van der Waals surface area contributed by atoms with Crippen molar-refractivity contribution >= 4 is 23.8 Å². The highest BCUT2D eigenvalue weighted by atomic mass is 16.6.